The van der Waals surface area contributed by atoms with Crippen LogP contribution in [0.25, 0.3) is 22.4 Å². The van der Waals surface area contributed by atoms with E-state index in [1.807, 2.05) is 36.4 Å². The summed E-state index contributed by atoms with van der Waals surface area (Å²) in [5.41, 5.74) is 14.0. The Hall–Kier alpha value is -3.48. The van der Waals surface area contributed by atoms with Gasteiger partial charge in [0.05, 0.1) is 19.0 Å². The van der Waals surface area contributed by atoms with Crippen molar-refractivity contribution in [3.05, 3.63) is 54.5 Å². The van der Waals surface area contributed by atoms with E-state index in [0.29, 0.717) is 11.6 Å². The first-order valence-corrected chi connectivity index (χ1v) is 7.12. The van der Waals surface area contributed by atoms with Crippen molar-refractivity contribution < 1.29 is 9.53 Å². The summed E-state index contributed by atoms with van der Waals surface area (Å²) in [6.07, 6.45) is 3.17. The normalized spacial score (nSPS) is 10.4. The molecule has 3 rings (SSSR count). The summed E-state index contributed by atoms with van der Waals surface area (Å²) in [6.45, 7) is 0. The molecular weight excluding hydrogens is 306 g/mol. The molecule has 3 aromatic rings. The van der Waals surface area contributed by atoms with Crippen LogP contribution in [0.4, 0.5) is 5.82 Å². The number of rotatable bonds is 4. The minimum Gasteiger partial charge on any atom is -0.481 e. The number of anilines is 1. The van der Waals surface area contributed by atoms with Gasteiger partial charge in [-0.15, -0.1) is 0 Å². The Labute approximate surface area is 138 Å². The molecule has 120 valence electrons. The van der Waals surface area contributed by atoms with E-state index in [1.54, 1.807) is 13.3 Å². The number of ether oxygens (including phenoxy) is 1. The van der Waals surface area contributed by atoms with Gasteiger partial charge in [0.1, 0.15) is 0 Å². The average Bonchev–Trinajstić information content (AvgIpc) is 2.62. The molecule has 1 aromatic carbocycles. The monoisotopic (exact) mass is 321 g/mol. The van der Waals surface area contributed by atoms with E-state index in [4.69, 9.17) is 16.2 Å². The SMILES string of the molecule is COc1cc(-c2ccccc2-c2cnc(N)c(C(N)=O)n2)ccn1. The maximum absolute atomic E-state index is 11.5. The molecule has 24 heavy (non-hydrogen) atoms. The number of hydrogen-bond acceptors (Lipinski definition) is 6. The molecule has 4 N–H and O–H groups in total. The van der Waals surface area contributed by atoms with Gasteiger partial charge in [-0.25, -0.2) is 15.0 Å². The standard InChI is InChI=1S/C17H15N5O2/c1-24-14-8-10(6-7-20-14)11-4-2-3-5-12(11)13-9-21-16(18)15(22-13)17(19)23/h2-9H,1H3,(H2,18,21)(H2,19,23). The second kappa shape index (κ2) is 6.33. The minimum atomic E-state index is -0.718. The van der Waals surface area contributed by atoms with Crippen LogP contribution in [0.2, 0.25) is 0 Å². The molecule has 0 aliphatic rings. The Balaban J connectivity index is 2.17. The maximum atomic E-state index is 11.5. The molecule has 0 saturated heterocycles. The largest absolute Gasteiger partial charge is 0.481 e. The van der Waals surface area contributed by atoms with Crippen molar-refractivity contribution in [2.45, 2.75) is 0 Å². The van der Waals surface area contributed by atoms with Crippen molar-refractivity contribution in [1.82, 2.24) is 15.0 Å². The highest BCUT2D eigenvalue weighted by molar-refractivity contribution is 5.96. The van der Waals surface area contributed by atoms with E-state index in [9.17, 15) is 4.79 Å². The van der Waals surface area contributed by atoms with Gasteiger partial charge in [-0.2, -0.15) is 0 Å². The lowest BCUT2D eigenvalue weighted by molar-refractivity contribution is 0.0996. The Morgan fingerprint density at radius 1 is 1.12 bits per heavy atom. The van der Waals surface area contributed by atoms with E-state index in [2.05, 4.69) is 15.0 Å². The molecule has 7 heteroatoms. The van der Waals surface area contributed by atoms with Crippen LogP contribution in [-0.4, -0.2) is 28.0 Å². The Morgan fingerprint density at radius 2 is 1.88 bits per heavy atom. The summed E-state index contributed by atoms with van der Waals surface area (Å²) in [5.74, 6) is -0.206. The molecule has 0 spiro atoms. The van der Waals surface area contributed by atoms with Crippen LogP contribution >= 0.6 is 0 Å². The number of methoxy groups -OCH3 is 1. The van der Waals surface area contributed by atoms with Gasteiger partial charge >= 0.3 is 0 Å². The van der Waals surface area contributed by atoms with Gasteiger partial charge in [-0.05, 0) is 17.2 Å². The molecule has 0 aliphatic heterocycles. The lowest BCUT2D eigenvalue weighted by Crippen LogP contribution is -2.17. The minimum absolute atomic E-state index is 0.00862. The van der Waals surface area contributed by atoms with Crippen molar-refractivity contribution in [2.75, 3.05) is 12.8 Å². The van der Waals surface area contributed by atoms with Crippen LogP contribution in [0.5, 0.6) is 5.88 Å². The maximum Gasteiger partial charge on any atom is 0.271 e. The fourth-order valence-electron chi connectivity index (χ4n) is 2.36. The molecule has 7 nitrogen and oxygen atoms in total. The first kappa shape index (κ1) is 15.4. The number of nitrogen functional groups attached to an aromatic ring is 1. The molecule has 0 saturated carbocycles. The van der Waals surface area contributed by atoms with Crippen molar-refractivity contribution >= 4 is 11.7 Å². The summed E-state index contributed by atoms with van der Waals surface area (Å²) < 4.78 is 5.17. The van der Waals surface area contributed by atoms with Gasteiger partial charge in [0.2, 0.25) is 5.88 Å². The molecule has 2 aromatic heterocycles. The molecule has 2 heterocycles. The molecule has 0 aliphatic carbocycles. The van der Waals surface area contributed by atoms with Crippen LogP contribution in [-0.2, 0) is 0 Å². The molecule has 1 amide bonds. The van der Waals surface area contributed by atoms with Crippen LogP contribution in [0.3, 0.4) is 0 Å². The van der Waals surface area contributed by atoms with Crippen molar-refractivity contribution in [1.29, 1.82) is 0 Å². The smallest absolute Gasteiger partial charge is 0.271 e. The second-order valence-electron chi connectivity index (χ2n) is 4.99. The lowest BCUT2D eigenvalue weighted by Gasteiger charge is -2.11. The Kier molecular flexibility index (Phi) is 4.07. The summed E-state index contributed by atoms with van der Waals surface area (Å²) in [5, 5.41) is 0. The third-order valence-corrected chi connectivity index (χ3v) is 3.49. The number of amides is 1. The van der Waals surface area contributed by atoms with Gasteiger partial charge < -0.3 is 16.2 Å². The molecule has 0 bridgehead atoms. The number of pyridine rings is 1. The zero-order chi connectivity index (χ0) is 17.1. The number of nitrogens with zero attached hydrogens (tertiary/aromatic N) is 3. The lowest BCUT2D eigenvalue weighted by atomic mass is 9.98. The van der Waals surface area contributed by atoms with E-state index >= 15 is 0 Å². The first-order chi connectivity index (χ1) is 11.6. The van der Waals surface area contributed by atoms with Crippen molar-refractivity contribution in [3.8, 4) is 28.3 Å². The highest BCUT2D eigenvalue weighted by Gasteiger charge is 2.14. The van der Waals surface area contributed by atoms with Gasteiger partial charge in [-0.1, -0.05) is 24.3 Å². The van der Waals surface area contributed by atoms with Crippen LogP contribution in [0.15, 0.2) is 48.8 Å². The summed E-state index contributed by atoms with van der Waals surface area (Å²) >= 11 is 0. The number of primary amides is 1. The molecule has 0 radical (unpaired) electrons. The Morgan fingerprint density at radius 3 is 2.58 bits per heavy atom. The molecule has 0 fully saturated rings. The van der Waals surface area contributed by atoms with E-state index in [-0.39, 0.29) is 11.5 Å². The number of aromatic nitrogens is 3. The number of nitrogens with two attached hydrogens (primary N) is 2. The quantitative estimate of drug-likeness (QED) is 0.758. The highest BCUT2D eigenvalue weighted by atomic mass is 16.5. The van der Waals surface area contributed by atoms with E-state index < -0.39 is 5.91 Å². The topological polar surface area (TPSA) is 117 Å². The Bertz CT molecular complexity index is 911. The number of hydrogen-bond donors (Lipinski definition) is 2. The van der Waals surface area contributed by atoms with Gasteiger partial charge in [-0.3, -0.25) is 4.79 Å². The summed E-state index contributed by atoms with van der Waals surface area (Å²) in [6, 6.07) is 11.3. The van der Waals surface area contributed by atoms with E-state index in [0.717, 1.165) is 16.7 Å². The summed E-state index contributed by atoms with van der Waals surface area (Å²) in [7, 11) is 1.56. The predicted molar refractivity (Wildman–Crippen MR) is 90.2 cm³/mol. The van der Waals surface area contributed by atoms with Crippen molar-refractivity contribution in [3.63, 3.8) is 0 Å². The zero-order valence-electron chi connectivity index (χ0n) is 12.9. The molecule has 0 atom stereocenters. The van der Waals surface area contributed by atoms with Crippen molar-refractivity contribution in [2.24, 2.45) is 5.73 Å². The van der Waals surface area contributed by atoms with E-state index in [1.165, 1.54) is 6.20 Å². The fraction of sp³-hybridized carbons (Fsp3) is 0.0588. The second-order valence-corrected chi connectivity index (χ2v) is 4.99. The third-order valence-electron chi connectivity index (χ3n) is 3.49. The fourth-order valence-corrected chi connectivity index (χ4v) is 2.36. The summed E-state index contributed by atoms with van der Waals surface area (Å²) in [4.78, 5) is 23.8. The number of carbonyl (C=O) groups is 1. The first-order valence-electron chi connectivity index (χ1n) is 7.12. The number of benzene rings is 1. The van der Waals surface area contributed by atoms with Crippen LogP contribution in [0.1, 0.15) is 10.5 Å². The highest BCUT2D eigenvalue weighted by Crippen LogP contribution is 2.32. The van der Waals surface area contributed by atoms with Gasteiger partial charge in [0, 0.05) is 17.8 Å². The van der Waals surface area contributed by atoms with Gasteiger partial charge in [0.25, 0.3) is 5.91 Å². The van der Waals surface area contributed by atoms with Crippen LogP contribution < -0.4 is 16.2 Å². The molecule has 0 unspecified atom stereocenters. The number of carbonyl (C=O) groups excluding carboxylic acids is 1. The van der Waals surface area contributed by atoms with Gasteiger partial charge in [0.15, 0.2) is 11.5 Å². The molecular formula is C17H15N5O2. The predicted octanol–water partition coefficient (Wildman–Crippen LogP) is 1.90. The third kappa shape index (κ3) is 2.87. The van der Waals surface area contributed by atoms with Crippen LogP contribution in [0, 0.1) is 0 Å². The zero-order valence-corrected chi connectivity index (χ0v) is 12.9. The average molecular weight is 321 g/mol.